The molecule has 0 radical (unpaired) electrons. The van der Waals surface area contributed by atoms with Gasteiger partial charge in [-0.1, -0.05) is 142 Å². The van der Waals surface area contributed by atoms with Crippen LogP contribution >= 0.6 is 7.82 Å². The molecule has 0 heterocycles. The zero-order valence-electron chi connectivity index (χ0n) is 30.3. The Morgan fingerprint density at radius 3 is 1.60 bits per heavy atom. The predicted molar refractivity (Wildman–Crippen MR) is 191 cm³/mol. The normalized spacial score (nSPS) is 14.4. The molecule has 0 spiro atoms. The van der Waals surface area contributed by atoms with E-state index in [0.29, 0.717) is 6.61 Å². The summed E-state index contributed by atoms with van der Waals surface area (Å²) in [6.07, 6.45) is 31.7. The molecule has 0 aliphatic heterocycles. The van der Waals surface area contributed by atoms with E-state index in [1.807, 2.05) is 0 Å². The van der Waals surface area contributed by atoms with Crippen LogP contribution in [0.3, 0.4) is 0 Å². The summed E-state index contributed by atoms with van der Waals surface area (Å²) in [5, 5.41) is 18.3. The van der Waals surface area contributed by atoms with Crippen LogP contribution in [0.15, 0.2) is 12.2 Å². The van der Waals surface area contributed by atoms with Crippen LogP contribution in [0.25, 0.3) is 0 Å². The van der Waals surface area contributed by atoms with Crippen LogP contribution in [-0.4, -0.2) is 66.3 Å². The summed E-state index contributed by atoms with van der Waals surface area (Å²) in [7, 11) is -4.50. The Hall–Kier alpha value is -0.800. The van der Waals surface area contributed by atoms with Gasteiger partial charge in [-0.25, -0.2) is 4.57 Å². The van der Waals surface area contributed by atoms with Crippen molar-refractivity contribution in [3.63, 3.8) is 0 Å². The highest BCUT2D eigenvalue weighted by Gasteiger charge is 2.26. The molecule has 0 aliphatic carbocycles. The molecule has 0 aromatic rings. The summed E-state index contributed by atoms with van der Waals surface area (Å²) in [6, 6.07) is 0. The summed E-state index contributed by atoms with van der Waals surface area (Å²) < 4.78 is 33.2. The van der Waals surface area contributed by atoms with E-state index in [1.54, 1.807) is 0 Å². The van der Waals surface area contributed by atoms with Crippen LogP contribution < -0.4 is 0 Å². The van der Waals surface area contributed by atoms with Crippen LogP contribution in [0.5, 0.6) is 0 Å². The molecule has 280 valence electrons. The van der Waals surface area contributed by atoms with Gasteiger partial charge in [0.1, 0.15) is 12.2 Å². The minimum absolute atomic E-state index is 0.0496. The Labute approximate surface area is 288 Å². The SMILES string of the molecule is CCCCCCCCC/C=C\CCCCCCCCOCC(COP(=O)(O)OCC(O)CO)OC(=O)CCCCCCCCCCC. The number of hydrogen-bond donors (Lipinski definition) is 3. The molecule has 47 heavy (non-hydrogen) atoms. The molecule has 0 bridgehead atoms. The third-order valence-electron chi connectivity index (χ3n) is 8.20. The monoisotopic (exact) mass is 692 g/mol. The lowest BCUT2D eigenvalue weighted by Crippen LogP contribution is -2.29. The number of carbonyl (C=O) groups excluding carboxylic acids is 1. The van der Waals surface area contributed by atoms with Crippen molar-refractivity contribution >= 4 is 13.8 Å². The molecule has 3 atom stereocenters. The van der Waals surface area contributed by atoms with E-state index in [2.05, 4.69) is 26.0 Å². The Morgan fingerprint density at radius 1 is 0.638 bits per heavy atom. The largest absolute Gasteiger partial charge is 0.472 e. The summed E-state index contributed by atoms with van der Waals surface area (Å²) in [5.41, 5.74) is 0. The number of aliphatic hydroxyl groups is 2. The first-order valence-corrected chi connectivity index (χ1v) is 20.7. The van der Waals surface area contributed by atoms with Crippen LogP contribution in [-0.2, 0) is 27.9 Å². The maximum Gasteiger partial charge on any atom is 0.472 e. The minimum Gasteiger partial charge on any atom is -0.457 e. The Balaban J connectivity index is 4.16. The number of esters is 1. The number of rotatable bonds is 37. The van der Waals surface area contributed by atoms with Crippen molar-refractivity contribution in [2.75, 3.05) is 33.0 Å². The first kappa shape index (κ1) is 46.2. The van der Waals surface area contributed by atoms with E-state index < -0.39 is 33.2 Å². The standard InChI is InChI=1S/C37H73O9P/c1-3-5-7-9-11-13-14-15-16-17-18-19-20-22-24-26-28-30-43-33-36(34-45-47(41,42)44-32-35(39)31-38)46-37(40)29-27-25-23-21-12-10-8-6-4-2/h16-17,35-36,38-39H,3-15,18-34H2,1-2H3,(H,41,42)/b17-16-. The highest BCUT2D eigenvalue weighted by Crippen LogP contribution is 2.43. The van der Waals surface area contributed by atoms with E-state index in [0.717, 1.165) is 44.9 Å². The highest BCUT2D eigenvalue weighted by atomic mass is 31.2. The van der Waals surface area contributed by atoms with Gasteiger partial charge in [-0.2, -0.15) is 0 Å². The maximum atomic E-state index is 12.5. The number of phosphoric acid groups is 1. The van der Waals surface area contributed by atoms with Crippen molar-refractivity contribution < 1.29 is 43.0 Å². The lowest BCUT2D eigenvalue weighted by atomic mass is 10.1. The van der Waals surface area contributed by atoms with Crippen molar-refractivity contribution in [2.45, 2.75) is 187 Å². The quantitative estimate of drug-likeness (QED) is 0.0252. The predicted octanol–water partition coefficient (Wildman–Crippen LogP) is 9.75. The molecule has 0 amide bonds. The first-order chi connectivity index (χ1) is 22.8. The van der Waals surface area contributed by atoms with Gasteiger partial charge in [0.05, 0.1) is 26.4 Å². The topological polar surface area (TPSA) is 132 Å². The zero-order chi connectivity index (χ0) is 34.7. The first-order valence-electron chi connectivity index (χ1n) is 19.2. The van der Waals surface area contributed by atoms with Gasteiger partial charge in [0.15, 0.2) is 0 Å². The average molecular weight is 693 g/mol. The Kier molecular flexibility index (Phi) is 34.4. The molecule has 0 aromatic heterocycles. The molecular formula is C37H73O9P. The van der Waals surface area contributed by atoms with Crippen LogP contribution in [0.2, 0.25) is 0 Å². The molecule has 3 N–H and O–H groups in total. The third kappa shape index (κ3) is 34.8. The fourth-order valence-corrected chi connectivity index (χ4v) is 6.02. The maximum absolute atomic E-state index is 12.5. The lowest BCUT2D eigenvalue weighted by molar-refractivity contribution is -0.154. The molecule has 0 saturated heterocycles. The van der Waals surface area contributed by atoms with E-state index in [4.69, 9.17) is 23.6 Å². The van der Waals surface area contributed by atoms with Gasteiger partial charge in [0, 0.05) is 13.0 Å². The molecule has 0 aliphatic rings. The number of allylic oxidation sites excluding steroid dienone is 2. The molecule has 10 heteroatoms. The number of ether oxygens (including phenoxy) is 2. The highest BCUT2D eigenvalue weighted by molar-refractivity contribution is 7.47. The van der Waals surface area contributed by atoms with Crippen molar-refractivity contribution in [3.8, 4) is 0 Å². The summed E-state index contributed by atoms with van der Waals surface area (Å²) >= 11 is 0. The van der Waals surface area contributed by atoms with Gasteiger partial charge in [-0.15, -0.1) is 0 Å². The van der Waals surface area contributed by atoms with E-state index in [-0.39, 0.29) is 25.6 Å². The molecule has 9 nitrogen and oxygen atoms in total. The van der Waals surface area contributed by atoms with Gasteiger partial charge < -0.3 is 24.6 Å². The van der Waals surface area contributed by atoms with E-state index >= 15 is 0 Å². The Bertz CT molecular complexity index is 749. The van der Waals surface area contributed by atoms with Gasteiger partial charge in [-0.3, -0.25) is 13.8 Å². The van der Waals surface area contributed by atoms with E-state index in [9.17, 15) is 19.4 Å². The summed E-state index contributed by atoms with van der Waals surface area (Å²) in [6.45, 7) is 3.49. The minimum atomic E-state index is -4.50. The van der Waals surface area contributed by atoms with Gasteiger partial charge in [-0.05, 0) is 38.5 Å². The van der Waals surface area contributed by atoms with Crippen LogP contribution in [0.1, 0.15) is 174 Å². The fourth-order valence-electron chi connectivity index (χ4n) is 5.23. The van der Waals surface area contributed by atoms with Crippen LogP contribution in [0.4, 0.5) is 0 Å². The van der Waals surface area contributed by atoms with Gasteiger partial charge in [0.2, 0.25) is 0 Å². The fraction of sp³-hybridized carbons (Fsp3) is 0.919. The molecule has 0 fully saturated rings. The third-order valence-corrected chi connectivity index (χ3v) is 9.15. The second-order valence-electron chi connectivity index (χ2n) is 13.0. The van der Waals surface area contributed by atoms with Crippen molar-refractivity contribution in [1.82, 2.24) is 0 Å². The van der Waals surface area contributed by atoms with Crippen molar-refractivity contribution in [2.24, 2.45) is 0 Å². The van der Waals surface area contributed by atoms with Crippen molar-refractivity contribution in [3.05, 3.63) is 12.2 Å². The number of unbranched alkanes of at least 4 members (excludes halogenated alkanes) is 21. The zero-order valence-corrected chi connectivity index (χ0v) is 31.2. The van der Waals surface area contributed by atoms with Crippen LogP contribution in [0, 0.1) is 0 Å². The number of carbonyl (C=O) groups is 1. The second kappa shape index (κ2) is 35.0. The molecule has 0 aromatic carbocycles. The lowest BCUT2D eigenvalue weighted by Gasteiger charge is -2.20. The molecular weight excluding hydrogens is 619 g/mol. The molecule has 3 unspecified atom stereocenters. The second-order valence-corrected chi connectivity index (χ2v) is 14.4. The Morgan fingerprint density at radius 2 is 1.09 bits per heavy atom. The van der Waals surface area contributed by atoms with Crippen molar-refractivity contribution in [1.29, 1.82) is 0 Å². The number of phosphoric ester groups is 1. The van der Waals surface area contributed by atoms with Gasteiger partial charge >= 0.3 is 13.8 Å². The van der Waals surface area contributed by atoms with Gasteiger partial charge in [0.25, 0.3) is 0 Å². The average Bonchev–Trinajstić information content (AvgIpc) is 3.06. The molecule has 0 rings (SSSR count). The number of aliphatic hydroxyl groups excluding tert-OH is 2. The summed E-state index contributed by atoms with van der Waals surface area (Å²) in [4.78, 5) is 22.4. The van der Waals surface area contributed by atoms with E-state index in [1.165, 1.54) is 109 Å². The summed E-state index contributed by atoms with van der Waals surface area (Å²) in [5.74, 6) is -0.387. The number of hydrogen-bond acceptors (Lipinski definition) is 8. The smallest absolute Gasteiger partial charge is 0.457 e. The molecule has 0 saturated carbocycles.